The molecule has 0 amide bonds. The van der Waals surface area contributed by atoms with Crippen molar-refractivity contribution in [1.29, 1.82) is 5.26 Å². The average Bonchev–Trinajstić information content (AvgIpc) is 2.65. The minimum atomic E-state index is 0.548. The molecule has 2 rings (SSSR count). The van der Waals surface area contributed by atoms with E-state index in [1.807, 2.05) is 31.2 Å². The predicted molar refractivity (Wildman–Crippen MR) is 105 cm³/mol. The van der Waals surface area contributed by atoms with Gasteiger partial charge in [-0.3, -0.25) is 5.32 Å². The van der Waals surface area contributed by atoms with E-state index in [0.29, 0.717) is 49.3 Å². The summed E-state index contributed by atoms with van der Waals surface area (Å²) >= 11 is 5.17. The molecule has 2 aromatic rings. The van der Waals surface area contributed by atoms with Gasteiger partial charge in [0.15, 0.2) is 5.11 Å². The number of rotatable bonds is 9. The lowest BCUT2D eigenvalue weighted by atomic mass is 10.1. The van der Waals surface area contributed by atoms with E-state index in [0.717, 1.165) is 16.7 Å². The Labute approximate surface area is 158 Å². The second-order valence-corrected chi connectivity index (χ2v) is 5.86. The van der Waals surface area contributed by atoms with Crippen molar-refractivity contribution in [2.75, 3.05) is 45.3 Å². The number of benzene rings is 1. The zero-order valence-electron chi connectivity index (χ0n) is 15.0. The monoisotopic (exact) mass is 374 g/mol. The molecule has 0 spiro atoms. The molecular weight excluding hydrogens is 350 g/mol. The summed E-state index contributed by atoms with van der Waals surface area (Å²) in [6.07, 6.45) is 0. The minimum Gasteiger partial charge on any atom is -0.494 e. The van der Waals surface area contributed by atoms with Gasteiger partial charge in [-0.25, -0.2) is 4.98 Å². The second kappa shape index (κ2) is 10.4. The van der Waals surface area contributed by atoms with Crippen LogP contribution in [0, 0.1) is 11.3 Å². The van der Waals surface area contributed by atoms with Gasteiger partial charge in [-0.15, -0.1) is 0 Å². The molecular formula is C18H24N5O2S+. The van der Waals surface area contributed by atoms with Crippen LogP contribution in [-0.2, 0) is 4.74 Å². The first-order valence-corrected chi connectivity index (χ1v) is 8.86. The largest absolute Gasteiger partial charge is 0.494 e. The Hall–Kier alpha value is -2.63. The van der Waals surface area contributed by atoms with Gasteiger partial charge in [0.25, 0.3) is 5.82 Å². The number of methoxy groups -OCH3 is 1. The smallest absolute Gasteiger partial charge is 0.290 e. The summed E-state index contributed by atoms with van der Waals surface area (Å²) in [5, 5.41) is 20.3. The first kappa shape index (κ1) is 19.7. The van der Waals surface area contributed by atoms with Crippen molar-refractivity contribution in [3.8, 4) is 11.8 Å². The van der Waals surface area contributed by atoms with Crippen LogP contribution in [0.2, 0.25) is 0 Å². The fourth-order valence-corrected chi connectivity index (χ4v) is 2.58. The number of nitriles is 1. The van der Waals surface area contributed by atoms with Gasteiger partial charge in [0.2, 0.25) is 0 Å². The number of H-pyrrole nitrogens is 1. The van der Waals surface area contributed by atoms with Gasteiger partial charge < -0.3 is 20.1 Å². The van der Waals surface area contributed by atoms with Crippen LogP contribution >= 0.6 is 12.2 Å². The maximum absolute atomic E-state index is 9.42. The fourth-order valence-electron chi connectivity index (χ4n) is 2.38. The summed E-state index contributed by atoms with van der Waals surface area (Å²) < 4.78 is 10.5. The molecule has 1 aromatic heterocycles. The SMILES string of the molecule is CCOc1ccc2[nH+]c(NCCNC(=S)NCCOC)c(C#N)cc2c1. The van der Waals surface area contributed by atoms with Gasteiger partial charge in [-0.2, -0.15) is 5.26 Å². The van der Waals surface area contributed by atoms with Crippen LogP contribution in [0.1, 0.15) is 12.5 Å². The third kappa shape index (κ3) is 5.72. The first-order chi connectivity index (χ1) is 12.7. The minimum absolute atomic E-state index is 0.548. The van der Waals surface area contributed by atoms with Crippen molar-refractivity contribution < 1.29 is 14.5 Å². The van der Waals surface area contributed by atoms with Crippen LogP contribution in [0.5, 0.6) is 5.75 Å². The number of pyridine rings is 1. The zero-order chi connectivity index (χ0) is 18.8. The molecule has 0 saturated carbocycles. The van der Waals surface area contributed by atoms with Crippen LogP contribution in [0.3, 0.4) is 0 Å². The molecule has 1 aromatic carbocycles. The summed E-state index contributed by atoms with van der Waals surface area (Å²) in [6, 6.07) is 9.84. The van der Waals surface area contributed by atoms with Crippen molar-refractivity contribution >= 4 is 34.1 Å². The Bertz CT molecular complexity index is 791. The number of aromatic nitrogens is 1. The maximum Gasteiger partial charge on any atom is 0.290 e. The predicted octanol–water partition coefficient (Wildman–Crippen LogP) is 1.45. The van der Waals surface area contributed by atoms with Crippen molar-refractivity contribution in [3.63, 3.8) is 0 Å². The molecule has 0 fully saturated rings. The highest BCUT2D eigenvalue weighted by molar-refractivity contribution is 7.80. The molecule has 0 radical (unpaired) electrons. The lowest BCUT2D eigenvalue weighted by Crippen LogP contribution is -2.39. The highest BCUT2D eigenvalue weighted by Gasteiger charge is 2.12. The van der Waals surface area contributed by atoms with Crippen molar-refractivity contribution in [2.45, 2.75) is 6.92 Å². The molecule has 1 heterocycles. The molecule has 7 nitrogen and oxygen atoms in total. The molecule has 0 bridgehead atoms. The normalized spacial score (nSPS) is 10.2. The number of aromatic amines is 1. The quantitative estimate of drug-likeness (QED) is 0.452. The van der Waals surface area contributed by atoms with E-state index in [4.69, 9.17) is 21.7 Å². The van der Waals surface area contributed by atoms with Crippen LogP contribution < -0.4 is 25.7 Å². The number of fused-ring (bicyclic) bond motifs is 1. The molecule has 0 saturated heterocycles. The standard InChI is InChI=1S/C18H23N5O2S/c1-3-25-15-4-5-16-13(11-15)10-14(12-19)17(23-16)20-6-7-21-18(26)22-8-9-24-2/h4-5,10-11H,3,6-9H2,1-2H3,(H,20,23)(H2,21,22,26)/p+1. The highest BCUT2D eigenvalue weighted by atomic mass is 32.1. The Morgan fingerprint density at radius 3 is 2.77 bits per heavy atom. The summed E-state index contributed by atoms with van der Waals surface area (Å²) in [7, 11) is 1.65. The number of nitrogens with one attached hydrogen (secondary N) is 4. The summed E-state index contributed by atoms with van der Waals surface area (Å²) in [4.78, 5) is 3.26. The molecule has 138 valence electrons. The Balaban J connectivity index is 1.95. The zero-order valence-corrected chi connectivity index (χ0v) is 15.8. The van der Waals surface area contributed by atoms with E-state index in [1.54, 1.807) is 7.11 Å². The number of nitrogens with zero attached hydrogens (tertiary/aromatic N) is 1. The number of thiocarbonyl (C=S) groups is 1. The van der Waals surface area contributed by atoms with Gasteiger partial charge in [-0.05, 0) is 43.4 Å². The third-order valence-corrected chi connectivity index (χ3v) is 3.88. The fraction of sp³-hybridized carbons (Fsp3) is 0.389. The lowest BCUT2D eigenvalue weighted by molar-refractivity contribution is -0.327. The third-order valence-electron chi connectivity index (χ3n) is 3.59. The van der Waals surface area contributed by atoms with Crippen molar-refractivity contribution in [2.24, 2.45) is 0 Å². The number of hydrogen-bond donors (Lipinski definition) is 3. The maximum atomic E-state index is 9.42. The molecule has 8 heteroatoms. The van der Waals surface area contributed by atoms with Crippen LogP contribution in [0.4, 0.5) is 5.82 Å². The first-order valence-electron chi connectivity index (χ1n) is 8.45. The topological polar surface area (TPSA) is 92.5 Å². The van der Waals surface area contributed by atoms with Crippen LogP contribution in [0.15, 0.2) is 24.3 Å². The van der Waals surface area contributed by atoms with Gasteiger partial charge in [-0.1, -0.05) is 0 Å². The molecule has 0 atom stereocenters. The molecule has 4 N–H and O–H groups in total. The molecule has 0 aliphatic rings. The van der Waals surface area contributed by atoms with E-state index >= 15 is 0 Å². The molecule has 26 heavy (non-hydrogen) atoms. The second-order valence-electron chi connectivity index (χ2n) is 5.45. The molecule has 0 unspecified atom stereocenters. The summed E-state index contributed by atoms with van der Waals surface area (Å²) in [5.41, 5.74) is 1.48. The van der Waals surface area contributed by atoms with Crippen LogP contribution in [-0.4, -0.2) is 45.1 Å². The molecule has 0 aliphatic carbocycles. The van der Waals surface area contributed by atoms with Crippen molar-refractivity contribution in [1.82, 2.24) is 10.6 Å². The van der Waals surface area contributed by atoms with E-state index < -0.39 is 0 Å². The number of hydrogen-bond acceptors (Lipinski definition) is 5. The van der Waals surface area contributed by atoms with Gasteiger partial charge in [0.1, 0.15) is 29.4 Å². The van der Waals surface area contributed by atoms with E-state index in [2.05, 4.69) is 27.0 Å². The van der Waals surface area contributed by atoms with Crippen LogP contribution in [0.25, 0.3) is 10.9 Å². The summed E-state index contributed by atoms with van der Waals surface area (Å²) in [5.74, 6) is 1.47. The Morgan fingerprint density at radius 2 is 2.04 bits per heavy atom. The number of ether oxygens (including phenoxy) is 2. The number of anilines is 1. The van der Waals surface area contributed by atoms with Gasteiger partial charge in [0, 0.05) is 19.0 Å². The average molecular weight is 374 g/mol. The molecule has 0 aliphatic heterocycles. The summed E-state index contributed by atoms with van der Waals surface area (Å²) in [6.45, 7) is 5.05. The van der Waals surface area contributed by atoms with E-state index in [-0.39, 0.29) is 0 Å². The van der Waals surface area contributed by atoms with E-state index in [1.165, 1.54) is 0 Å². The van der Waals surface area contributed by atoms with E-state index in [9.17, 15) is 5.26 Å². The van der Waals surface area contributed by atoms with Gasteiger partial charge >= 0.3 is 0 Å². The van der Waals surface area contributed by atoms with Gasteiger partial charge in [0.05, 0.1) is 19.8 Å². The Morgan fingerprint density at radius 1 is 1.23 bits per heavy atom. The lowest BCUT2D eigenvalue weighted by Gasteiger charge is -2.09. The van der Waals surface area contributed by atoms with Crippen molar-refractivity contribution in [3.05, 3.63) is 29.8 Å². The highest BCUT2D eigenvalue weighted by Crippen LogP contribution is 2.21. The Kier molecular flexibility index (Phi) is 7.86.